The van der Waals surface area contributed by atoms with Crippen LogP contribution in [-0.2, 0) is 11.3 Å². The van der Waals surface area contributed by atoms with Crippen molar-refractivity contribution in [1.82, 2.24) is 9.55 Å². The van der Waals surface area contributed by atoms with Gasteiger partial charge in [-0.3, -0.25) is 4.79 Å². The minimum absolute atomic E-state index is 0.0467. The number of hydrogen-bond donors (Lipinski definition) is 0. The first-order valence-corrected chi connectivity index (χ1v) is 11.5. The molecule has 0 unspecified atom stereocenters. The lowest BCUT2D eigenvalue weighted by molar-refractivity contribution is -0.117. The minimum atomic E-state index is 0.0467. The molecular weight excluding hydrogens is 410 g/mol. The van der Waals surface area contributed by atoms with Crippen molar-refractivity contribution in [3.63, 3.8) is 0 Å². The van der Waals surface area contributed by atoms with Crippen molar-refractivity contribution in [3.8, 4) is 5.75 Å². The Hall–Kier alpha value is -3.60. The van der Waals surface area contributed by atoms with E-state index in [9.17, 15) is 4.79 Å². The van der Waals surface area contributed by atoms with Gasteiger partial charge in [-0.1, -0.05) is 30.3 Å². The highest BCUT2D eigenvalue weighted by atomic mass is 16.5. The second kappa shape index (κ2) is 8.74. The van der Waals surface area contributed by atoms with Crippen LogP contribution in [0.2, 0.25) is 0 Å². The highest BCUT2D eigenvalue weighted by Crippen LogP contribution is 2.34. The molecule has 1 aliphatic rings. The lowest BCUT2D eigenvalue weighted by Gasteiger charge is -2.18. The van der Waals surface area contributed by atoms with Crippen molar-refractivity contribution in [2.45, 2.75) is 39.7 Å². The number of ether oxygens (including phenoxy) is 1. The van der Waals surface area contributed by atoms with Crippen molar-refractivity contribution >= 4 is 22.6 Å². The zero-order chi connectivity index (χ0) is 22.9. The van der Waals surface area contributed by atoms with E-state index in [-0.39, 0.29) is 11.8 Å². The van der Waals surface area contributed by atoms with Gasteiger partial charge >= 0.3 is 0 Å². The molecule has 0 spiro atoms. The quantitative estimate of drug-likeness (QED) is 0.395. The number of amides is 1. The Labute approximate surface area is 194 Å². The molecule has 5 nitrogen and oxygen atoms in total. The highest BCUT2D eigenvalue weighted by molar-refractivity contribution is 5.96. The van der Waals surface area contributed by atoms with Gasteiger partial charge in [0.1, 0.15) is 18.2 Å². The lowest BCUT2D eigenvalue weighted by atomic mass is 10.1. The molecule has 1 amide bonds. The van der Waals surface area contributed by atoms with Gasteiger partial charge in [0.2, 0.25) is 5.91 Å². The average molecular weight is 440 g/mol. The third-order valence-corrected chi connectivity index (χ3v) is 6.55. The van der Waals surface area contributed by atoms with Crippen molar-refractivity contribution in [1.29, 1.82) is 0 Å². The van der Waals surface area contributed by atoms with Gasteiger partial charge < -0.3 is 14.2 Å². The summed E-state index contributed by atoms with van der Waals surface area (Å²) in [4.78, 5) is 19.8. The van der Waals surface area contributed by atoms with Gasteiger partial charge in [-0.15, -0.1) is 0 Å². The average Bonchev–Trinajstić information content (AvgIpc) is 3.36. The molecule has 0 radical (unpaired) electrons. The van der Waals surface area contributed by atoms with Gasteiger partial charge in [-0.2, -0.15) is 0 Å². The van der Waals surface area contributed by atoms with Gasteiger partial charge in [0.15, 0.2) is 0 Å². The van der Waals surface area contributed by atoms with Crippen LogP contribution in [0.5, 0.6) is 5.75 Å². The lowest BCUT2D eigenvalue weighted by Crippen LogP contribution is -2.24. The summed E-state index contributed by atoms with van der Waals surface area (Å²) < 4.78 is 8.27. The molecule has 168 valence electrons. The predicted octanol–water partition coefficient (Wildman–Crippen LogP) is 5.56. The number of hydrogen-bond acceptors (Lipinski definition) is 3. The van der Waals surface area contributed by atoms with E-state index in [0.29, 0.717) is 26.1 Å². The zero-order valence-corrected chi connectivity index (χ0v) is 19.4. The summed E-state index contributed by atoms with van der Waals surface area (Å²) in [6.07, 6.45) is 0.467. The maximum absolute atomic E-state index is 13.0. The summed E-state index contributed by atoms with van der Waals surface area (Å²) in [6.45, 7) is 8.10. The first-order valence-electron chi connectivity index (χ1n) is 11.5. The Morgan fingerprint density at radius 2 is 1.82 bits per heavy atom. The Morgan fingerprint density at radius 3 is 2.64 bits per heavy atom. The summed E-state index contributed by atoms with van der Waals surface area (Å²) in [5, 5.41) is 0. The molecule has 0 bridgehead atoms. The minimum Gasteiger partial charge on any atom is -0.492 e. The van der Waals surface area contributed by atoms with Crippen molar-refractivity contribution in [2.24, 2.45) is 0 Å². The number of aromatic nitrogens is 2. The smallest absolute Gasteiger partial charge is 0.227 e. The molecule has 1 aliphatic heterocycles. The summed E-state index contributed by atoms with van der Waals surface area (Å²) in [5.41, 5.74) is 6.62. The standard InChI is InChI=1S/C28H29N3O2/c1-19-7-6-8-24(15-19)33-14-13-30-26-10-5-4-9-25(26)29-28(30)22-17-27(32)31(18-22)23-12-11-20(2)21(3)16-23/h4-12,15-16,22H,13-14,17-18H2,1-3H3/t22-/m1/s1. The molecular formula is C28H29N3O2. The fourth-order valence-corrected chi connectivity index (χ4v) is 4.62. The van der Waals surface area contributed by atoms with E-state index >= 15 is 0 Å². The van der Waals surface area contributed by atoms with Gasteiger partial charge in [-0.25, -0.2) is 4.98 Å². The summed E-state index contributed by atoms with van der Waals surface area (Å²) in [5.74, 6) is 2.03. The Bertz CT molecular complexity index is 1320. The molecule has 0 aliphatic carbocycles. The van der Waals surface area contributed by atoms with Crippen LogP contribution in [0, 0.1) is 20.8 Å². The van der Waals surface area contributed by atoms with Crippen LogP contribution in [0.4, 0.5) is 5.69 Å². The first kappa shape index (κ1) is 21.3. The van der Waals surface area contributed by atoms with E-state index < -0.39 is 0 Å². The molecule has 5 heteroatoms. The Balaban J connectivity index is 1.40. The normalized spacial score (nSPS) is 16.0. The van der Waals surface area contributed by atoms with E-state index in [1.165, 1.54) is 16.7 Å². The number of rotatable bonds is 6. The Kier molecular flexibility index (Phi) is 5.63. The zero-order valence-electron chi connectivity index (χ0n) is 19.4. The van der Waals surface area contributed by atoms with Crippen LogP contribution in [0.25, 0.3) is 11.0 Å². The maximum Gasteiger partial charge on any atom is 0.227 e. The van der Waals surface area contributed by atoms with Crippen molar-refractivity contribution in [3.05, 3.63) is 89.2 Å². The first-order chi connectivity index (χ1) is 16.0. The molecule has 5 rings (SSSR count). The second-order valence-corrected chi connectivity index (χ2v) is 8.95. The number of imidazole rings is 1. The molecule has 3 aromatic carbocycles. The molecule has 0 N–H and O–H groups in total. The fourth-order valence-electron chi connectivity index (χ4n) is 4.62. The third kappa shape index (κ3) is 4.23. The van der Waals surface area contributed by atoms with E-state index in [1.807, 2.05) is 47.4 Å². The summed E-state index contributed by atoms with van der Waals surface area (Å²) in [6, 6.07) is 22.5. The topological polar surface area (TPSA) is 47.4 Å². The molecule has 1 atom stereocenters. The SMILES string of the molecule is Cc1cccc(OCCn2c([C@@H]3CC(=O)N(c4ccc(C)c(C)c4)C3)nc3ccccc32)c1. The summed E-state index contributed by atoms with van der Waals surface area (Å²) in [7, 11) is 0. The molecule has 1 aromatic heterocycles. The van der Waals surface area contributed by atoms with Crippen LogP contribution in [0.1, 0.15) is 34.9 Å². The van der Waals surface area contributed by atoms with Gasteiger partial charge in [0.05, 0.1) is 17.6 Å². The van der Waals surface area contributed by atoms with E-state index in [1.54, 1.807) is 0 Å². The van der Waals surface area contributed by atoms with Crippen LogP contribution >= 0.6 is 0 Å². The Morgan fingerprint density at radius 1 is 0.970 bits per heavy atom. The fraction of sp³-hybridized carbons (Fsp3) is 0.286. The van der Waals surface area contributed by atoms with Gasteiger partial charge in [0, 0.05) is 24.6 Å². The van der Waals surface area contributed by atoms with Crippen LogP contribution in [0.15, 0.2) is 66.7 Å². The van der Waals surface area contributed by atoms with Crippen LogP contribution < -0.4 is 9.64 Å². The van der Waals surface area contributed by atoms with E-state index in [4.69, 9.17) is 9.72 Å². The second-order valence-electron chi connectivity index (χ2n) is 8.95. The highest BCUT2D eigenvalue weighted by Gasteiger charge is 2.35. The molecule has 1 saturated heterocycles. The molecule has 4 aromatic rings. The van der Waals surface area contributed by atoms with Crippen LogP contribution in [0.3, 0.4) is 0 Å². The molecule has 1 fully saturated rings. The number of carbonyl (C=O) groups is 1. The van der Waals surface area contributed by atoms with E-state index in [2.05, 4.69) is 49.6 Å². The number of anilines is 1. The number of benzene rings is 3. The van der Waals surface area contributed by atoms with Crippen molar-refractivity contribution < 1.29 is 9.53 Å². The van der Waals surface area contributed by atoms with E-state index in [0.717, 1.165) is 28.3 Å². The number of aryl methyl sites for hydroxylation is 3. The number of carbonyl (C=O) groups excluding carboxylic acids is 1. The third-order valence-electron chi connectivity index (χ3n) is 6.55. The number of para-hydroxylation sites is 2. The largest absolute Gasteiger partial charge is 0.492 e. The molecule has 2 heterocycles. The molecule has 0 saturated carbocycles. The molecule has 33 heavy (non-hydrogen) atoms. The monoisotopic (exact) mass is 439 g/mol. The van der Waals surface area contributed by atoms with Crippen LogP contribution in [-0.4, -0.2) is 28.6 Å². The number of nitrogens with zero attached hydrogens (tertiary/aromatic N) is 3. The van der Waals surface area contributed by atoms with Gasteiger partial charge in [-0.05, 0) is 73.9 Å². The predicted molar refractivity (Wildman–Crippen MR) is 132 cm³/mol. The maximum atomic E-state index is 13.0. The van der Waals surface area contributed by atoms with Crippen molar-refractivity contribution in [2.75, 3.05) is 18.1 Å². The number of fused-ring (bicyclic) bond motifs is 1. The summed E-state index contributed by atoms with van der Waals surface area (Å²) >= 11 is 0. The van der Waals surface area contributed by atoms with Gasteiger partial charge in [0.25, 0.3) is 0 Å².